The number of rotatable bonds is 4. The maximum absolute atomic E-state index is 12.6. The van der Waals surface area contributed by atoms with Crippen molar-refractivity contribution in [3.05, 3.63) is 88.7 Å². The van der Waals surface area contributed by atoms with Crippen LogP contribution in [0.5, 0.6) is 0 Å². The minimum atomic E-state index is -0.307. The summed E-state index contributed by atoms with van der Waals surface area (Å²) in [5.41, 5.74) is 5.19. The maximum atomic E-state index is 12.6. The number of aromatic nitrogens is 1. The number of aryl methyl sites for hydroxylation is 2. The zero-order valence-electron chi connectivity index (χ0n) is 15.5. The number of pyridine rings is 1. The van der Waals surface area contributed by atoms with Crippen molar-refractivity contribution < 1.29 is 9.59 Å². The van der Waals surface area contributed by atoms with Gasteiger partial charge in [-0.2, -0.15) is 0 Å². The molecule has 0 atom stereocenters. The number of hydrogen-bond acceptors (Lipinski definition) is 3. The van der Waals surface area contributed by atoms with Crippen LogP contribution in [0.25, 0.3) is 0 Å². The average molecular weight is 359 g/mol. The molecule has 2 aromatic carbocycles. The monoisotopic (exact) mass is 359 g/mol. The van der Waals surface area contributed by atoms with Crippen LogP contribution in [0.15, 0.2) is 60.9 Å². The Morgan fingerprint density at radius 3 is 1.96 bits per heavy atom. The fourth-order valence-electron chi connectivity index (χ4n) is 2.68. The van der Waals surface area contributed by atoms with E-state index in [4.69, 9.17) is 0 Å². The van der Waals surface area contributed by atoms with Crippen LogP contribution in [0, 0.1) is 20.8 Å². The van der Waals surface area contributed by atoms with Gasteiger partial charge in [-0.3, -0.25) is 14.6 Å². The second kappa shape index (κ2) is 7.83. The van der Waals surface area contributed by atoms with Crippen LogP contribution in [-0.2, 0) is 0 Å². The highest BCUT2D eigenvalue weighted by Gasteiger charge is 2.13. The Balaban J connectivity index is 1.78. The predicted octanol–water partition coefficient (Wildman–Crippen LogP) is 4.51. The lowest BCUT2D eigenvalue weighted by Crippen LogP contribution is -2.17. The van der Waals surface area contributed by atoms with Gasteiger partial charge < -0.3 is 10.6 Å². The molecule has 1 aromatic heterocycles. The molecule has 0 aliphatic heterocycles. The molecule has 0 spiro atoms. The summed E-state index contributed by atoms with van der Waals surface area (Å²) in [7, 11) is 0. The largest absolute Gasteiger partial charge is 0.322 e. The first-order valence-electron chi connectivity index (χ1n) is 8.65. The second-order valence-electron chi connectivity index (χ2n) is 6.43. The summed E-state index contributed by atoms with van der Waals surface area (Å²) in [6.45, 7) is 5.86. The fourth-order valence-corrected chi connectivity index (χ4v) is 2.68. The van der Waals surface area contributed by atoms with Crippen LogP contribution in [0.4, 0.5) is 11.4 Å². The molecule has 3 aromatic rings. The molecule has 0 radical (unpaired) electrons. The summed E-state index contributed by atoms with van der Waals surface area (Å²) in [5, 5.41) is 5.73. The van der Waals surface area contributed by atoms with Crippen LogP contribution < -0.4 is 10.6 Å². The number of benzene rings is 2. The lowest BCUT2D eigenvalue weighted by molar-refractivity contribution is 0.102. The number of hydrogen-bond donors (Lipinski definition) is 2. The molecule has 3 rings (SSSR count). The van der Waals surface area contributed by atoms with E-state index in [1.807, 2.05) is 63.2 Å². The van der Waals surface area contributed by atoms with Gasteiger partial charge >= 0.3 is 0 Å². The summed E-state index contributed by atoms with van der Waals surface area (Å²) in [6.07, 6.45) is 2.90. The highest BCUT2D eigenvalue weighted by atomic mass is 16.2. The van der Waals surface area contributed by atoms with Crippen LogP contribution in [0.1, 0.15) is 37.4 Å². The summed E-state index contributed by atoms with van der Waals surface area (Å²) in [6, 6.07) is 14.8. The third-order valence-electron chi connectivity index (χ3n) is 4.51. The van der Waals surface area contributed by atoms with Gasteiger partial charge in [-0.1, -0.05) is 30.3 Å². The van der Waals surface area contributed by atoms with Crippen LogP contribution in [0.3, 0.4) is 0 Å². The fraction of sp³-hybridized carbons (Fsp3) is 0.136. The van der Waals surface area contributed by atoms with E-state index in [-0.39, 0.29) is 11.8 Å². The van der Waals surface area contributed by atoms with Crippen LogP contribution in [0.2, 0.25) is 0 Å². The molecule has 0 aliphatic rings. The Morgan fingerprint density at radius 1 is 0.741 bits per heavy atom. The first-order valence-corrected chi connectivity index (χ1v) is 8.65. The SMILES string of the molecule is Cc1ccccc1NC(=O)c1cncc(C(=O)Nc2cccc(C)c2C)c1. The van der Waals surface area contributed by atoms with Crippen molar-refractivity contribution in [2.24, 2.45) is 0 Å². The molecule has 0 fully saturated rings. The van der Waals surface area contributed by atoms with Crippen LogP contribution >= 0.6 is 0 Å². The lowest BCUT2D eigenvalue weighted by Gasteiger charge is -2.11. The van der Waals surface area contributed by atoms with Gasteiger partial charge in [-0.05, 0) is 55.7 Å². The summed E-state index contributed by atoms with van der Waals surface area (Å²) in [4.78, 5) is 29.1. The normalized spacial score (nSPS) is 10.3. The number of anilines is 2. The molecule has 27 heavy (non-hydrogen) atoms. The van der Waals surface area contributed by atoms with E-state index < -0.39 is 0 Å². The number of amides is 2. The van der Waals surface area contributed by atoms with Crippen molar-refractivity contribution in [2.45, 2.75) is 20.8 Å². The van der Waals surface area contributed by atoms with E-state index in [1.54, 1.807) is 6.07 Å². The van der Waals surface area contributed by atoms with Gasteiger partial charge in [0.05, 0.1) is 11.1 Å². The topological polar surface area (TPSA) is 71.1 Å². The maximum Gasteiger partial charge on any atom is 0.257 e. The average Bonchev–Trinajstić information content (AvgIpc) is 2.67. The highest BCUT2D eigenvalue weighted by Crippen LogP contribution is 2.19. The number of para-hydroxylation sites is 1. The predicted molar refractivity (Wildman–Crippen MR) is 107 cm³/mol. The van der Waals surface area contributed by atoms with Crippen molar-refractivity contribution in [2.75, 3.05) is 10.6 Å². The summed E-state index contributed by atoms with van der Waals surface area (Å²) >= 11 is 0. The molecule has 5 nitrogen and oxygen atoms in total. The smallest absolute Gasteiger partial charge is 0.257 e. The molecule has 1 heterocycles. The molecule has 0 saturated carbocycles. The van der Waals surface area contributed by atoms with Crippen molar-refractivity contribution in [3.8, 4) is 0 Å². The molecule has 2 amide bonds. The first-order chi connectivity index (χ1) is 13.0. The van der Waals surface area contributed by atoms with Crippen molar-refractivity contribution in [3.63, 3.8) is 0 Å². The summed E-state index contributed by atoms with van der Waals surface area (Å²) in [5.74, 6) is -0.611. The molecule has 0 unspecified atom stereocenters. The standard InChI is InChI=1S/C22H21N3O2/c1-14-8-6-10-20(16(14)3)25-22(27)18-11-17(12-23-13-18)21(26)24-19-9-5-4-7-15(19)2/h4-13H,1-3H3,(H,24,26)(H,25,27). The second-order valence-corrected chi connectivity index (χ2v) is 6.43. The first kappa shape index (κ1) is 18.3. The van der Waals surface area contributed by atoms with Crippen molar-refractivity contribution in [1.82, 2.24) is 4.98 Å². The molecule has 0 aliphatic carbocycles. The Bertz CT molecular complexity index is 1010. The quantitative estimate of drug-likeness (QED) is 0.720. The Hall–Kier alpha value is -3.47. The van der Waals surface area contributed by atoms with Crippen molar-refractivity contribution >= 4 is 23.2 Å². The number of nitrogens with one attached hydrogen (secondary N) is 2. The van der Waals surface area contributed by atoms with E-state index in [0.29, 0.717) is 11.1 Å². The van der Waals surface area contributed by atoms with E-state index in [1.165, 1.54) is 12.4 Å². The van der Waals surface area contributed by atoms with Gasteiger partial charge in [-0.15, -0.1) is 0 Å². The lowest BCUT2D eigenvalue weighted by atomic mass is 10.1. The van der Waals surface area contributed by atoms with E-state index in [0.717, 1.165) is 28.1 Å². The van der Waals surface area contributed by atoms with E-state index in [2.05, 4.69) is 15.6 Å². The molecular weight excluding hydrogens is 338 g/mol. The molecule has 2 N–H and O–H groups in total. The van der Waals surface area contributed by atoms with Crippen LogP contribution in [-0.4, -0.2) is 16.8 Å². The molecule has 0 bridgehead atoms. The number of carbonyl (C=O) groups excluding carboxylic acids is 2. The van der Waals surface area contributed by atoms with Gasteiger partial charge in [0, 0.05) is 23.8 Å². The van der Waals surface area contributed by atoms with Gasteiger partial charge in [0.2, 0.25) is 0 Å². The minimum absolute atomic E-state index is 0.304. The van der Waals surface area contributed by atoms with Crippen molar-refractivity contribution in [1.29, 1.82) is 0 Å². The third-order valence-corrected chi connectivity index (χ3v) is 4.51. The Morgan fingerprint density at radius 2 is 1.30 bits per heavy atom. The Labute approximate surface area is 158 Å². The Kier molecular flexibility index (Phi) is 5.31. The zero-order chi connectivity index (χ0) is 19.4. The van der Waals surface area contributed by atoms with E-state index >= 15 is 0 Å². The van der Waals surface area contributed by atoms with Gasteiger partial charge in [0.25, 0.3) is 11.8 Å². The number of nitrogens with zero attached hydrogens (tertiary/aromatic N) is 1. The molecule has 0 saturated heterocycles. The van der Waals surface area contributed by atoms with Gasteiger partial charge in [0.15, 0.2) is 0 Å². The molecule has 5 heteroatoms. The summed E-state index contributed by atoms with van der Waals surface area (Å²) < 4.78 is 0. The molecular formula is C22H21N3O2. The van der Waals surface area contributed by atoms with Gasteiger partial charge in [0.1, 0.15) is 0 Å². The minimum Gasteiger partial charge on any atom is -0.322 e. The van der Waals surface area contributed by atoms with E-state index in [9.17, 15) is 9.59 Å². The molecule has 136 valence electrons. The number of carbonyl (C=O) groups is 2. The highest BCUT2D eigenvalue weighted by molar-refractivity contribution is 6.08. The van der Waals surface area contributed by atoms with Gasteiger partial charge in [-0.25, -0.2) is 0 Å². The zero-order valence-corrected chi connectivity index (χ0v) is 15.5. The third kappa shape index (κ3) is 4.20.